The molecular weight excluding hydrogens is 282 g/mol. The summed E-state index contributed by atoms with van der Waals surface area (Å²) in [5, 5.41) is 1.60. The molecule has 2 aromatic carbocycles. The predicted octanol–water partition coefficient (Wildman–Crippen LogP) is 3.78. The number of nitrogens with zero attached hydrogens (tertiary/aromatic N) is 1. The molecule has 1 heterocycles. The van der Waals surface area contributed by atoms with Crippen LogP contribution in [0.5, 0.6) is 0 Å². The van der Waals surface area contributed by atoms with Crippen molar-refractivity contribution in [3.8, 4) is 0 Å². The summed E-state index contributed by atoms with van der Waals surface area (Å²) in [7, 11) is -1.53. The van der Waals surface area contributed by atoms with Crippen LogP contribution in [-0.4, -0.2) is 32.2 Å². The molecule has 0 aromatic heterocycles. The predicted molar refractivity (Wildman–Crippen MR) is 98.1 cm³/mol. The first-order valence-electron chi connectivity index (χ1n) is 8.58. The monoisotopic (exact) mass is 309 g/mol. The van der Waals surface area contributed by atoms with Crippen LogP contribution in [0, 0.1) is 0 Å². The number of likely N-dealkylation sites (tertiary alicyclic amines) is 1. The first kappa shape index (κ1) is 15.5. The molecular formula is C20H27NSi. The number of piperidine rings is 1. The van der Waals surface area contributed by atoms with Crippen molar-refractivity contribution >= 4 is 13.3 Å². The quantitative estimate of drug-likeness (QED) is 0.760. The Labute approximate surface area is 136 Å². The zero-order valence-corrected chi connectivity index (χ0v) is 14.7. The lowest BCUT2D eigenvalue weighted by molar-refractivity contribution is 0.259. The SMILES string of the molecule is C[Si@@](Cc1ccccc1)(CN1CCCCC1)c1ccccc1. The second-order valence-corrected chi connectivity index (χ2v) is 11.3. The van der Waals surface area contributed by atoms with Gasteiger partial charge in [0.2, 0.25) is 0 Å². The van der Waals surface area contributed by atoms with Crippen LogP contribution >= 0.6 is 0 Å². The largest absolute Gasteiger partial charge is 0.306 e. The first-order chi connectivity index (χ1) is 10.8. The lowest BCUT2D eigenvalue weighted by Gasteiger charge is -2.36. The average Bonchev–Trinajstić information content (AvgIpc) is 2.57. The fraction of sp³-hybridized carbons (Fsp3) is 0.400. The van der Waals surface area contributed by atoms with Crippen LogP contribution in [0.2, 0.25) is 6.55 Å². The Morgan fingerprint density at radius 3 is 2.05 bits per heavy atom. The van der Waals surface area contributed by atoms with E-state index in [0.717, 1.165) is 0 Å². The van der Waals surface area contributed by atoms with E-state index < -0.39 is 8.07 Å². The number of benzene rings is 2. The van der Waals surface area contributed by atoms with Crippen molar-refractivity contribution in [2.75, 3.05) is 19.3 Å². The fourth-order valence-corrected chi connectivity index (χ4v) is 7.68. The van der Waals surface area contributed by atoms with E-state index in [0.29, 0.717) is 0 Å². The Morgan fingerprint density at radius 1 is 0.818 bits per heavy atom. The van der Waals surface area contributed by atoms with E-state index in [-0.39, 0.29) is 0 Å². The van der Waals surface area contributed by atoms with Gasteiger partial charge >= 0.3 is 0 Å². The lowest BCUT2D eigenvalue weighted by atomic mass is 10.1. The minimum atomic E-state index is -1.53. The average molecular weight is 310 g/mol. The van der Waals surface area contributed by atoms with E-state index in [2.05, 4.69) is 72.1 Å². The topological polar surface area (TPSA) is 3.24 Å². The van der Waals surface area contributed by atoms with E-state index in [1.165, 1.54) is 50.1 Å². The maximum atomic E-state index is 2.73. The van der Waals surface area contributed by atoms with E-state index in [4.69, 9.17) is 0 Å². The van der Waals surface area contributed by atoms with Gasteiger partial charge in [0.05, 0.1) is 0 Å². The minimum Gasteiger partial charge on any atom is -0.306 e. The summed E-state index contributed by atoms with van der Waals surface area (Å²) < 4.78 is 0. The summed E-state index contributed by atoms with van der Waals surface area (Å²) in [5.74, 6) is 0. The van der Waals surface area contributed by atoms with Gasteiger partial charge in [0.1, 0.15) is 8.07 Å². The minimum absolute atomic E-state index is 1.24. The maximum absolute atomic E-state index is 2.73. The third-order valence-corrected chi connectivity index (χ3v) is 8.99. The molecule has 1 aliphatic rings. The van der Waals surface area contributed by atoms with Gasteiger partial charge in [-0.2, -0.15) is 0 Å². The van der Waals surface area contributed by atoms with Crippen LogP contribution in [0.15, 0.2) is 60.7 Å². The van der Waals surface area contributed by atoms with E-state index >= 15 is 0 Å². The lowest BCUT2D eigenvalue weighted by Crippen LogP contribution is -2.57. The molecule has 1 aliphatic heterocycles. The Balaban J connectivity index is 1.84. The van der Waals surface area contributed by atoms with Crippen molar-refractivity contribution in [2.45, 2.75) is 31.9 Å². The summed E-state index contributed by atoms with van der Waals surface area (Å²) in [6.07, 6.45) is 5.47. The molecule has 0 saturated carbocycles. The summed E-state index contributed by atoms with van der Waals surface area (Å²) in [6, 6.07) is 23.6. The molecule has 0 spiro atoms. The van der Waals surface area contributed by atoms with E-state index in [9.17, 15) is 0 Å². The normalized spacial score (nSPS) is 18.8. The van der Waals surface area contributed by atoms with E-state index in [1.807, 2.05) is 0 Å². The van der Waals surface area contributed by atoms with Crippen molar-refractivity contribution in [1.29, 1.82) is 0 Å². The van der Waals surface area contributed by atoms with Crippen molar-refractivity contribution in [1.82, 2.24) is 4.90 Å². The smallest absolute Gasteiger partial charge is 0.102 e. The van der Waals surface area contributed by atoms with Gasteiger partial charge < -0.3 is 4.90 Å². The highest BCUT2D eigenvalue weighted by Gasteiger charge is 2.32. The standard InChI is InChI=1S/C20H27NSi/c1-22(20-13-7-3-8-14-20,17-19-11-5-2-6-12-19)18-21-15-9-4-10-16-21/h2-3,5-8,11-14H,4,9-10,15-18H2,1H3/t22-/m1/s1. The molecule has 0 amide bonds. The molecule has 0 radical (unpaired) electrons. The molecule has 1 nitrogen and oxygen atoms in total. The molecule has 3 rings (SSSR count). The zero-order chi connectivity index (χ0) is 15.3. The molecule has 0 bridgehead atoms. The third kappa shape index (κ3) is 3.87. The van der Waals surface area contributed by atoms with Crippen molar-refractivity contribution in [3.63, 3.8) is 0 Å². The van der Waals surface area contributed by atoms with Crippen molar-refractivity contribution in [2.24, 2.45) is 0 Å². The fourth-order valence-electron chi connectivity index (χ4n) is 3.75. The maximum Gasteiger partial charge on any atom is 0.102 e. The summed E-state index contributed by atoms with van der Waals surface area (Å²) in [5.41, 5.74) is 1.50. The Kier molecular flexibility index (Phi) is 5.11. The molecule has 0 aliphatic carbocycles. The van der Waals surface area contributed by atoms with Crippen LogP contribution in [-0.2, 0) is 6.04 Å². The summed E-state index contributed by atoms with van der Waals surface area (Å²) in [6.45, 7) is 5.17. The van der Waals surface area contributed by atoms with Crippen LogP contribution in [0.25, 0.3) is 0 Å². The molecule has 22 heavy (non-hydrogen) atoms. The highest BCUT2D eigenvalue weighted by Crippen LogP contribution is 2.17. The number of hydrogen-bond donors (Lipinski definition) is 0. The van der Waals surface area contributed by atoms with Crippen molar-refractivity contribution in [3.05, 3.63) is 66.2 Å². The summed E-state index contributed by atoms with van der Waals surface area (Å²) in [4.78, 5) is 2.73. The van der Waals surface area contributed by atoms with Gasteiger partial charge in [0.25, 0.3) is 0 Å². The Hall–Kier alpha value is -1.38. The first-order valence-corrected chi connectivity index (χ1v) is 11.5. The number of rotatable bonds is 5. The van der Waals surface area contributed by atoms with Gasteiger partial charge in [-0.3, -0.25) is 0 Å². The summed E-state index contributed by atoms with van der Waals surface area (Å²) >= 11 is 0. The third-order valence-electron chi connectivity index (χ3n) is 4.93. The van der Waals surface area contributed by atoms with Crippen LogP contribution in [0.4, 0.5) is 0 Å². The van der Waals surface area contributed by atoms with Gasteiger partial charge in [0, 0.05) is 0 Å². The van der Waals surface area contributed by atoms with Gasteiger partial charge in [-0.15, -0.1) is 0 Å². The molecule has 0 unspecified atom stereocenters. The Morgan fingerprint density at radius 2 is 1.41 bits per heavy atom. The molecule has 2 heteroatoms. The molecule has 2 aromatic rings. The van der Waals surface area contributed by atoms with Gasteiger partial charge in [-0.25, -0.2) is 0 Å². The van der Waals surface area contributed by atoms with Crippen molar-refractivity contribution < 1.29 is 0 Å². The second kappa shape index (κ2) is 7.25. The van der Waals surface area contributed by atoms with Gasteiger partial charge in [0.15, 0.2) is 0 Å². The van der Waals surface area contributed by atoms with Crippen LogP contribution in [0.1, 0.15) is 24.8 Å². The highest BCUT2D eigenvalue weighted by atomic mass is 28.3. The molecule has 1 fully saturated rings. The zero-order valence-electron chi connectivity index (χ0n) is 13.7. The molecule has 116 valence electrons. The van der Waals surface area contributed by atoms with E-state index in [1.54, 1.807) is 5.19 Å². The Bertz CT molecular complexity index is 563. The molecule has 1 atom stereocenters. The van der Waals surface area contributed by atoms with Crippen LogP contribution in [0.3, 0.4) is 0 Å². The second-order valence-electron chi connectivity index (χ2n) is 6.93. The van der Waals surface area contributed by atoms with Gasteiger partial charge in [-0.1, -0.05) is 84.4 Å². The molecule has 1 saturated heterocycles. The van der Waals surface area contributed by atoms with Crippen LogP contribution < -0.4 is 5.19 Å². The highest BCUT2D eigenvalue weighted by molar-refractivity contribution is 6.90. The molecule has 0 N–H and O–H groups in total. The van der Waals surface area contributed by atoms with Gasteiger partial charge in [-0.05, 0) is 38.1 Å². The number of hydrogen-bond acceptors (Lipinski definition) is 1.